The Bertz CT molecular complexity index is 846. The summed E-state index contributed by atoms with van der Waals surface area (Å²) in [5.74, 6) is -0.324. The third-order valence-electron chi connectivity index (χ3n) is 4.55. The first-order valence-corrected chi connectivity index (χ1v) is 9.51. The summed E-state index contributed by atoms with van der Waals surface area (Å²) in [5.41, 5.74) is -2.37. The highest BCUT2D eigenvalue weighted by atomic mass is 19.4. The quantitative estimate of drug-likeness (QED) is 0.521. The predicted octanol–water partition coefficient (Wildman–Crippen LogP) is 3.13. The van der Waals surface area contributed by atoms with Gasteiger partial charge in [0, 0.05) is 39.3 Å². The van der Waals surface area contributed by atoms with Crippen molar-refractivity contribution in [3.05, 3.63) is 33.9 Å². The maximum Gasteiger partial charge on any atom is 0.416 e. The molecular weight excluding hydrogens is 421 g/mol. The zero-order valence-electron chi connectivity index (χ0n) is 17.7. The van der Waals surface area contributed by atoms with E-state index in [1.165, 1.54) is 11.9 Å². The number of alkyl halides is 3. The molecule has 1 aromatic carbocycles. The van der Waals surface area contributed by atoms with E-state index >= 15 is 0 Å². The summed E-state index contributed by atoms with van der Waals surface area (Å²) in [6.07, 6.45) is -5.32. The molecule has 2 amide bonds. The van der Waals surface area contributed by atoms with Gasteiger partial charge in [0.1, 0.15) is 17.8 Å². The minimum atomic E-state index is -4.69. The van der Waals surface area contributed by atoms with Crippen LogP contribution < -0.4 is 4.90 Å². The molecule has 0 bridgehead atoms. The lowest BCUT2D eigenvalue weighted by molar-refractivity contribution is -0.384. The number of amides is 2. The van der Waals surface area contributed by atoms with Gasteiger partial charge in [0.2, 0.25) is 5.91 Å². The van der Waals surface area contributed by atoms with E-state index in [9.17, 15) is 32.9 Å². The van der Waals surface area contributed by atoms with Crippen LogP contribution in [0.15, 0.2) is 18.2 Å². The highest BCUT2D eigenvalue weighted by Crippen LogP contribution is 2.36. The molecule has 0 aliphatic carbocycles. The average Bonchev–Trinajstić information content (AvgIpc) is 2.65. The summed E-state index contributed by atoms with van der Waals surface area (Å²) < 4.78 is 43.8. The molecule has 0 unspecified atom stereocenters. The van der Waals surface area contributed by atoms with Crippen LogP contribution in [0, 0.1) is 10.1 Å². The van der Waals surface area contributed by atoms with Crippen LogP contribution >= 0.6 is 0 Å². The van der Waals surface area contributed by atoms with Crippen molar-refractivity contribution in [2.75, 3.05) is 44.7 Å². The Balaban J connectivity index is 2.02. The second-order valence-corrected chi connectivity index (χ2v) is 8.16. The highest BCUT2D eigenvalue weighted by Gasteiger charge is 2.34. The zero-order chi connectivity index (χ0) is 23.6. The summed E-state index contributed by atoms with van der Waals surface area (Å²) in [6.45, 7) is 5.75. The lowest BCUT2D eigenvalue weighted by Gasteiger charge is -2.36. The Morgan fingerprint density at radius 2 is 1.74 bits per heavy atom. The van der Waals surface area contributed by atoms with Gasteiger partial charge >= 0.3 is 12.3 Å². The maximum absolute atomic E-state index is 12.9. The molecule has 31 heavy (non-hydrogen) atoms. The molecule has 1 aromatic rings. The number of carbonyl (C=O) groups excluding carboxylic acids is 2. The Labute approximate surface area is 177 Å². The van der Waals surface area contributed by atoms with Crippen molar-refractivity contribution in [3.8, 4) is 0 Å². The fourth-order valence-corrected chi connectivity index (χ4v) is 3.02. The zero-order valence-corrected chi connectivity index (χ0v) is 17.7. The largest absolute Gasteiger partial charge is 0.444 e. The number of carbonyl (C=O) groups is 2. The van der Waals surface area contributed by atoms with Crippen molar-refractivity contribution in [1.29, 1.82) is 0 Å². The molecule has 0 saturated carbocycles. The molecule has 1 heterocycles. The van der Waals surface area contributed by atoms with Crippen LogP contribution in [0.5, 0.6) is 0 Å². The van der Waals surface area contributed by atoms with Crippen molar-refractivity contribution in [2.24, 2.45) is 0 Å². The monoisotopic (exact) mass is 446 g/mol. The SMILES string of the molecule is CN(CC(=O)N1CCN(c2ccc(C(F)(F)F)cc2[N+](=O)[O-])CC1)C(=O)OC(C)(C)C. The molecule has 0 N–H and O–H groups in total. The Morgan fingerprint density at radius 1 is 1.16 bits per heavy atom. The summed E-state index contributed by atoms with van der Waals surface area (Å²) in [6, 6.07) is 2.40. The lowest BCUT2D eigenvalue weighted by atomic mass is 10.1. The van der Waals surface area contributed by atoms with Crippen LogP contribution in [-0.4, -0.2) is 72.1 Å². The number of halogens is 3. The number of rotatable bonds is 4. The summed E-state index contributed by atoms with van der Waals surface area (Å²) in [7, 11) is 1.44. The third-order valence-corrected chi connectivity index (χ3v) is 4.55. The van der Waals surface area contributed by atoms with Gasteiger partial charge in [-0.2, -0.15) is 13.2 Å². The first-order chi connectivity index (χ1) is 14.2. The van der Waals surface area contributed by atoms with E-state index in [1.807, 2.05) is 0 Å². The van der Waals surface area contributed by atoms with Crippen LogP contribution in [0.3, 0.4) is 0 Å². The number of nitro groups is 1. The molecule has 1 aliphatic rings. The first-order valence-electron chi connectivity index (χ1n) is 9.51. The molecule has 0 spiro atoms. The summed E-state index contributed by atoms with van der Waals surface area (Å²) in [5, 5.41) is 11.3. The molecule has 1 saturated heterocycles. The summed E-state index contributed by atoms with van der Waals surface area (Å²) >= 11 is 0. The van der Waals surface area contributed by atoms with Crippen molar-refractivity contribution < 1.29 is 32.4 Å². The van der Waals surface area contributed by atoms with E-state index in [4.69, 9.17) is 4.74 Å². The van der Waals surface area contributed by atoms with Crippen LogP contribution in [0.1, 0.15) is 26.3 Å². The molecule has 2 rings (SSSR count). The van der Waals surface area contributed by atoms with Gasteiger partial charge in [-0.3, -0.25) is 14.9 Å². The summed E-state index contributed by atoms with van der Waals surface area (Å²) in [4.78, 5) is 39.1. The van der Waals surface area contributed by atoms with E-state index in [0.717, 1.165) is 17.0 Å². The van der Waals surface area contributed by atoms with Gasteiger partial charge in [-0.15, -0.1) is 0 Å². The minimum Gasteiger partial charge on any atom is -0.444 e. The van der Waals surface area contributed by atoms with Crippen molar-refractivity contribution in [1.82, 2.24) is 9.80 Å². The highest BCUT2D eigenvalue weighted by molar-refractivity contribution is 5.82. The van der Waals surface area contributed by atoms with Gasteiger partial charge < -0.3 is 19.4 Å². The topological polar surface area (TPSA) is 96.2 Å². The van der Waals surface area contributed by atoms with Crippen molar-refractivity contribution >= 4 is 23.4 Å². The van der Waals surface area contributed by atoms with Crippen LogP contribution in [0.4, 0.5) is 29.3 Å². The lowest BCUT2D eigenvalue weighted by Crippen LogP contribution is -2.51. The van der Waals surface area contributed by atoms with Gasteiger partial charge in [0.05, 0.1) is 10.5 Å². The van der Waals surface area contributed by atoms with Crippen LogP contribution in [-0.2, 0) is 15.7 Å². The van der Waals surface area contributed by atoms with Gasteiger partial charge in [-0.1, -0.05) is 0 Å². The van der Waals surface area contributed by atoms with Crippen molar-refractivity contribution in [2.45, 2.75) is 32.5 Å². The molecule has 1 fully saturated rings. The van der Waals surface area contributed by atoms with Gasteiger partial charge in [0.15, 0.2) is 0 Å². The van der Waals surface area contributed by atoms with E-state index in [-0.39, 0.29) is 44.3 Å². The fourth-order valence-electron chi connectivity index (χ4n) is 3.02. The number of nitro benzene ring substituents is 1. The molecule has 0 radical (unpaired) electrons. The number of anilines is 1. The Morgan fingerprint density at radius 3 is 2.23 bits per heavy atom. The third kappa shape index (κ3) is 6.46. The van der Waals surface area contributed by atoms with Gasteiger partial charge in [-0.25, -0.2) is 4.79 Å². The molecule has 0 aromatic heterocycles. The molecule has 1 aliphatic heterocycles. The second kappa shape index (κ2) is 8.98. The molecule has 12 heteroatoms. The van der Waals surface area contributed by atoms with Crippen molar-refractivity contribution in [3.63, 3.8) is 0 Å². The molecular formula is C19H25F3N4O5. The minimum absolute atomic E-state index is 0.0657. The Hall–Kier alpha value is -3.05. The number of hydrogen-bond acceptors (Lipinski definition) is 6. The van der Waals surface area contributed by atoms with E-state index < -0.39 is 34.0 Å². The fraction of sp³-hybridized carbons (Fsp3) is 0.579. The smallest absolute Gasteiger partial charge is 0.416 e. The maximum atomic E-state index is 12.9. The Kier molecular flexibility index (Phi) is 7.02. The van der Waals surface area contributed by atoms with Crippen LogP contribution in [0.2, 0.25) is 0 Å². The predicted molar refractivity (Wildman–Crippen MR) is 106 cm³/mol. The number of nitrogens with zero attached hydrogens (tertiary/aromatic N) is 4. The average molecular weight is 446 g/mol. The second-order valence-electron chi connectivity index (χ2n) is 8.16. The van der Waals surface area contributed by atoms with Crippen LogP contribution in [0.25, 0.3) is 0 Å². The number of likely N-dealkylation sites (N-methyl/N-ethyl adjacent to an activating group) is 1. The van der Waals surface area contributed by atoms with E-state index in [2.05, 4.69) is 0 Å². The van der Waals surface area contributed by atoms with E-state index in [0.29, 0.717) is 6.07 Å². The number of benzene rings is 1. The number of hydrogen-bond donors (Lipinski definition) is 0. The molecule has 0 atom stereocenters. The van der Waals surface area contributed by atoms with Gasteiger partial charge in [-0.05, 0) is 32.9 Å². The molecule has 9 nitrogen and oxygen atoms in total. The van der Waals surface area contributed by atoms with Gasteiger partial charge in [0.25, 0.3) is 5.69 Å². The normalized spacial score (nSPS) is 14.9. The number of piperazine rings is 1. The first kappa shape index (κ1) is 24.2. The van der Waals surface area contributed by atoms with E-state index in [1.54, 1.807) is 25.7 Å². The standard InChI is InChI=1S/C19H25F3N4O5/c1-18(2,3)31-17(28)23(4)12-16(27)25-9-7-24(8-10-25)14-6-5-13(19(20,21)22)11-15(14)26(29)30/h5-6,11H,7-10,12H2,1-4H3. The number of ether oxygens (including phenoxy) is 1. The molecule has 172 valence electrons.